The van der Waals surface area contributed by atoms with Crippen molar-refractivity contribution in [3.8, 4) is 0 Å². The minimum atomic E-state index is -0.883. The molecule has 0 aliphatic heterocycles. The Morgan fingerprint density at radius 2 is 1.75 bits per heavy atom. The van der Waals surface area contributed by atoms with Crippen molar-refractivity contribution < 1.29 is 19.2 Å². The third-order valence-corrected chi connectivity index (χ3v) is 4.18. The number of amides is 1. The van der Waals surface area contributed by atoms with Crippen molar-refractivity contribution in [3.63, 3.8) is 0 Å². The number of carbonyl (C=O) groups excluding carboxylic acids is 2. The van der Waals surface area contributed by atoms with Gasteiger partial charge in [-0.3, -0.25) is 19.7 Å². The predicted molar refractivity (Wildman–Crippen MR) is 105 cm³/mol. The summed E-state index contributed by atoms with van der Waals surface area (Å²) < 4.78 is 5.16. The highest BCUT2D eigenvalue weighted by atomic mass is 16.6. The lowest BCUT2D eigenvalue weighted by Gasteiger charge is -2.19. The van der Waals surface area contributed by atoms with Crippen molar-refractivity contribution in [2.45, 2.75) is 45.8 Å². The van der Waals surface area contributed by atoms with E-state index < -0.39 is 22.8 Å². The molecule has 2 aromatic rings. The Balaban J connectivity index is 2.31. The summed E-state index contributed by atoms with van der Waals surface area (Å²) in [4.78, 5) is 35.7. The van der Waals surface area contributed by atoms with Crippen LogP contribution in [-0.4, -0.2) is 22.9 Å². The van der Waals surface area contributed by atoms with E-state index in [1.165, 1.54) is 18.2 Å². The zero-order valence-electron chi connectivity index (χ0n) is 16.2. The molecule has 1 N–H and O–H groups in total. The molecule has 28 heavy (non-hydrogen) atoms. The van der Waals surface area contributed by atoms with Crippen molar-refractivity contribution in [1.82, 2.24) is 5.32 Å². The topological polar surface area (TPSA) is 98.5 Å². The lowest BCUT2D eigenvalue weighted by Crippen LogP contribution is -2.31. The molecule has 1 amide bonds. The molecule has 1 atom stereocenters. The summed E-state index contributed by atoms with van der Waals surface area (Å²) in [5, 5.41) is 14.1. The fraction of sp³-hybridized carbons (Fsp3) is 0.333. The van der Waals surface area contributed by atoms with E-state index >= 15 is 0 Å². The standard InChI is InChI=1S/C21H24N2O5/c1-4-15-9-11-16(12-10-15)21(25)22-18(13-20(24)28-14(2)3)17-7-5-6-8-19(17)23(26)27/h5-12,14,18H,4,13H2,1-3H3,(H,22,25). The second-order valence-corrected chi connectivity index (χ2v) is 6.64. The van der Waals surface area contributed by atoms with Gasteiger partial charge in [0.2, 0.25) is 0 Å². The van der Waals surface area contributed by atoms with Gasteiger partial charge in [-0.1, -0.05) is 37.3 Å². The van der Waals surface area contributed by atoms with Gasteiger partial charge in [0.15, 0.2) is 0 Å². The fourth-order valence-electron chi connectivity index (χ4n) is 2.80. The van der Waals surface area contributed by atoms with Crippen LogP contribution in [0.5, 0.6) is 0 Å². The van der Waals surface area contributed by atoms with Crippen molar-refractivity contribution >= 4 is 17.6 Å². The number of esters is 1. The first kappa shape index (κ1) is 21.1. The number of nitrogens with zero attached hydrogens (tertiary/aromatic N) is 1. The van der Waals surface area contributed by atoms with Crippen LogP contribution in [0, 0.1) is 10.1 Å². The van der Waals surface area contributed by atoms with Gasteiger partial charge < -0.3 is 10.1 Å². The van der Waals surface area contributed by atoms with Crippen molar-refractivity contribution in [2.75, 3.05) is 0 Å². The van der Waals surface area contributed by atoms with Crippen LogP contribution < -0.4 is 5.32 Å². The van der Waals surface area contributed by atoms with Crippen molar-refractivity contribution in [3.05, 3.63) is 75.3 Å². The number of rotatable bonds is 8. The molecule has 0 aliphatic rings. The summed E-state index contributed by atoms with van der Waals surface area (Å²) in [5.74, 6) is -0.956. The molecule has 0 saturated heterocycles. The molecule has 2 aromatic carbocycles. The summed E-state index contributed by atoms with van der Waals surface area (Å²) >= 11 is 0. The zero-order valence-corrected chi connectivity index (χ0v) is 16.2. The Hall–Kier alpha value is -3.22. The van der Waals surface area contributed by atoms with Crippen LogP contribution in [0.2, 0.25) is 0 Å². The second-order valence-electron chi connectivity index (χ2n) is 6.64. The van der Waals surface area contributed by atoms with E-state index in [1.807, 2.05) is 19.1 Å². The number of hydrogen-bond donors (Lipinski definition) is 1. The Morgan fingerprint density at radius 1 is 1.11 bits per heavy atom. The number of aryl methyl sites for hydroxylation is 1. The Kier molecular flexibility index (Phi) is 7.26. The van der Waals surface area contributed by atoms with Gasteiger partial charge in [0.05, 0.1) is 29.1 Å². The molecule has 0 spiro atoms. The van der Waals surface area contributed by atoms with E-state index in [4.69, 9.17) is 4.74 Å². The number of hydrogen-bond acceptors (Lipinski definition) is 5. The average Bonchev–Trinajstić information content (AvgIpc) is 2.66. The van der Waals surface area contributed by atoms with Crippen LogP contribution in [0.3, 0.4) is 0 Å². The summed E-state index contributed by atoms with van der Waals surface area (Å²) in [6.07, 6.45) is 0.319. The van der Waals surface area contributed by atoms with Gasteiger partial charge in [0.25, 0.3) is 11.6 Å². The zero-order chi connectivity index (χ0) is 20.7. The van der Waals surface area contributed by atoms with E-state index in [2.05, 4.69) is 5.32 Å². The molecule has 7 heteroatoms. The van der Waals surface area contributed by atoms with E-state index in [0.29, 0.717) is 5.56 Å². The highest BCUT2D eigenvalue weighted by molar-refractivity contribution is 5.94. The van der Waals surface area contributed by atoms with E-state index in [-0.39, 0.29) is 23.8 Å². The number of nitro benzene ring substituents is 1. The summed E-state index contributed by atoms with van der Waals surface area (Å²) in [6.45, 7) is 5.44. The minimum absolute atomic E-state index is 0.161. The number of benzene rings is 2. The molecule has 0 fully saturated rings. The quantitative estimate of drug-likeness (QED) is 0.422. The minimum Gasteiger partial charge on any atom is -0.463 e. The van der Waals surface area contributed by atoms with Gasteiger partial charge in [0.1, 0.15) is 0 Å². The first-order valence-corrected chi connectivity index (χ1v) is 9.14. The molecule has 0 heterocycles. The van der Waals surface area contributed by atoms with Crippen LogP contribution in [0.15, 0.2) is 48.5 Å². The smallest absolute Gasteiger partial charge is 0.308 e. The van der Waals surface area contributed by atoms with Gasteiger partial charge in [-0.15, -0.1) is 0 Å². The maximum Gasteiger partial charge on any atom is 0.308 e. The molecule has 0 saturated carbocycles. The Morgan fingerprint density at radius 3 is 2.32 bits per heavy atom. The summed E-state index contributed by atoms with van der Waals surface area (Å²) in [5.41, 5.74) is 1.60. The van der Waals surface area contributed by atoms with Crippen LogP contribution in [-0.2, 0) is 16.0 Å². The Bertz CT molecular complexity index is 846. The maximum absolute atomic E-state index is 12.7. The van der Waals surface area contributed by atoms with E-state index in [9.17, 15) is 19.7 Å². The molecule has 7 nitrogen and oxygen atoms in total. The lowest BCUT2D eigenvalue weighted by atomic mass is 10.0. The fourth-order valence-corrected chi connectivity index (χ4v) is 2.80. The summed E-state index contributed by atoms with van der Waals surface area (Å²) in [6, 6.07) is 12.2. The average molecular weight is 384 g/mol. The molecule has 148 valence electrons. The van der Waals surface area contributed by atoms with Crippen LogP contribution >= 0.6 is 0 Å². The van der Waals surface area contributed by atoms with E-state index in [1.54, 1.807) is 32.0 Å². The van der Waals surface area contributed by atoms with Gasteiger partial charge in [-0.05, 0) is 38.0 Å². The normalized spacial score (nSPS) is 11.7. The highest BCUT2D eigenvalue weighted by Gasteiger charge is 2.27. The van der Waals surface area contributed by atoms with Crippen molar-refractivity contribution in [2.24, 2.45) is 0 Å². The van der Waals surface area contributed by atoms with E-state index in [0.717, 1.165) is 12.0 Å². The number of para-hydroxylation sites is 1. The van der Waals surface area contributed by atoms with Crippen LogP contribution in [0.25, 0.3) is 0 Å². The molecular weight excluding hydrogens is 360 g/mol. The van der Waals surface area contributed by atoms with Gasteiger partial charge in [-0.25, -0.2) is 0 Å². The SMILES string of the molecule is CCc1ccc(C(=O)NC(CC(=O)OC(C)C)c2ccccc2[N+](=O)[O-])cc1. The Labute approximate surface area is 163 Å². The molecule has 0 aliphatic carbocycles. The third-order valence-electron chi connectivity index (χ3n) is 4.18. The van der Waals surface area contributed by atoms with Gasteiger partial charge in [-0.2, -0.15) is 0 Å². The second kappa shape index (κ2) is 9.64. The van der Waals surface area contributed by atoms with Crippen LogP contribution in [0.1, 0.15) is 54.7 Å². The first-order valence-electron chi connectivity index (χ1n) is 9.14. The van der Waals surface area contributed by atoms with Crippen LogP contribution in [0.4, 0.5) is 5.69 Å². The van der Waals surface area contributed by atoms with Gasteiger partial charge >= 0.3 is 5.97 Å². The number of carbonyl (C=O) groups is 2. The molecule has 0 bridgehead atoms. The lowest BCUT2D eigenvalue weighted by molar-refractivity contribution is -0.385. The summed E-state index contributed by atoms with van der Waals surface area (Å²) in [7, 11) is 0. The highest BCUT2D eigenvalue weighted by Crippen LogP contribution is 2.28. The molecular formula is C21H24N2O5. The number of ether oxygens (including phenoxy) is 1. The van der Waals surface area contributed by atoms with Crippen molar-refractivity contribution in [1.29, 1.82) is 0 Å². The number of nitro groups is 1. The first-order chi connectivity index (χ1) is 13.3. The third kappa shape index (κ3) is 5.64. The molecule has 0 aromatic heterocycles. The number of nitrogens with one attached hydrogen (secondary N) is 1. The molecule has 1 unspecified atom stereocenters. The van der Waals surface area contributed by atoms with Gasteiger partial charge in [0, 0.05) is 11.6 Å². The molecule has 0 radical (unpaired) electrons. The molecule has 2 rings (SSSR count). The predicted octanol–water partition coefficient (Wildman–Crippen LogP) is 3.97. The maximum atomic E-state index is 12.7. The monoisotopic (exact) mass is 384 g/mol. The largest absolute Gasteiger partial charge is 0.463 e.